The van der Waals surface area contributed by atoms with Gasteiger partial charge in [0.1, 0.15) is 6.04 Å². The fourth-order valence-corrected chi connectivity index (χ4v) is 5.32. The number of carbonyl (C=O) groups is 2. The third-order valence-electron chi connectivity index (χ3n) is 6.09. The zero-order valence-corrected chi connectivity index (χ0v) is 24.4. The first-order chi connectivity index (χ1) is 16.8. The molecule has 0 spiro atoms. The molecule has 0 unspecified atom stereocenters. The van der Waals surface area contributed by atoms with Gasteiger partial charge in [-0.2, -0.15) is 0 Å². The largest absolute Gasteiger partial charge is 0.354 e. The fourth-order valence-electron chi connectivity index (χ4n) is 3.86. The summed E-state index contributed by atoms with van der Waals surface area (Å²) in [6.45, 7) is 10.6. The Kier molecular flexibility index (Phi) is 11.0. The molecule has 0 heterocycles. The minimum Gasteiger partial charge on any atom is -0.354 e. The molecule has 2 aromatic rings. The monoisotopic (exact) mass is 579 g/mol. The maximum atomic E-state index is 13.4. The van der Waals surface area contributed by atoms with Crippen molar-refractivity contribution >= 4 is 43.5 Å². The van der Waals surface area contributed by atoms with Gasteiger partial charge in [0.05, 0.1) is 11.9 Å². The van der Waals surface area contributed by atoms with Gasteiger partial charge in [-0.15, -0.1) is 0 Å². The van der Waals surface area contributed by atoms with Crippen molar-refractivity contribution in [2.24, 2.45) is 5.92 Å². The second kappa shape index (κ2) is 13.2. The number of benzene rings is 2. The van der Waals surface area contributed by atoms with Crippen LogP contribution in [-0.2, 0) is 26.2 Å². The van der Waals surface area contributed by atoms with E-state index < -0.39 is 16.1 Å². The highest BCUT2D eigenvalue weighted by Gasteiger charge is 2.27. The molecule has 9 heteroatoms. The van der Waals surface area contributed by atoms with E-state index in [4.69, 9.17) is 0 Å². The Morgan fingerprint density at radius 1 is 1.06 bits per heavy atom. The molecule has 0 bridgehead atoms. The molecule has 7 nitrogen and oxygen atoms in total. The highest BCUT2D eigenvalue weighted by Crippen LogP contribution is 2.25. The molecule has 0 fully saturated rings. The molecule has 0 saturated heterocycles. The van der Waals surface area contributed by atoms with Crippen molar-refractivity contribution in [1.29, 1.82) is 0 Å². The molecule has 0 aliphatic carbocycles. The summed E-state index contributed by atoms with van der Waals surface area (Å²) >= 11 is 3.46. The predicted molar refractivity (Wildman–Crippen MR) is 149 cm³/mol. The average molecular weight is 581 g/mol. The van der Waals surface area contributed by atoms with E-state index in [-0.39, 0.29) is 31.3 Å². The molecule has 36 heavy (non-hydrogen) atoms. The number of hydrogen-bond donors (Lipinski definition) is 1. The van der Waals surface area contributed by atoms with Crippen LogP contribution in [0.15, 0.2) is 46.9 Å². The molecule has 0 aliphatic rings. The number of halogens is 1. The lowest BCUT2D eigenvalue weighted by molar-refractivity contribution is -0.140. The Balaban J connectivity index is 2.20. The zero-order chi connectivity index (χ0) is 27.0. The molecule has 0 radical (unpaired) electrons. The van der Waals surface area contributed by atoms with Crippen LogP contribution < -0.4 is 9.62 Å². The van der Waals surface area contributed by atoms with Gasteiger partial charge in [0.2, 0.25) is 21.8 Å². The Hall–Kier alpha value is -2.39. The van der Waals surface area contributed by atoms with Gasteiger partial charge >= 0.3 is 0 Å². The molecule has 0 aliphatic heterocycles. The minimum absolute atomic E-state index is 0.118. The Labute approximate surface area is 224 Å². The predicted octanol–water partition coefficient (Wildman–Crippen LogP) is 4.80. The number of amides is 2. The summed E-state index contributed by atoms with van der Waals surface area (Å²) < 4.78 is 27.4. The number of aryl methyl sites for hydroxylation is 1. The van der Waals surface area contributed by atoms with Crippen LogP contribution in [0, 0.1) is 19.8 Å². The van der Waals surface area contributed by atoms with Crippen LogP contribution in [0.5, 0.6) is 0 Å². The summed E-state index contributed by atoms with van der Waals surface area (Å²) in [5.41, 5.74) is 3.41. The summed E-state index contributed by atoms with van der Waals surface area (Å²) in [6, 6.07) is 12.5. The van der Waals surface area contributed by atoms with Gasteiger partial charge in [-0.3, -0.25) is 13.9 Å². The van der Waals surface area contributed by atoms with Gasteiger partial charge in [0, 0.05) is 30.5 Å². The second-order valence-electron chi connectivity index (χ2n) is 9.62. The highest BCUT2D eigenvalue weighted by molar-refractivity contribution is 9.10. The number of hydrogen-bond acceptors (Lipinski definition) is 4. The van der Waals surface area contributed by atoms with Gasteiger partial charge in [0.15, 0.2) is 0 Å². The number of nitrogens with zero attached hydrogens (tertiary/aromatic N) is 2. The molecule has 2 rings (SSSR count). The number of carbonyl (C=O) groups excluding carboxylic acids is 2. The van der Waals surface area contributed by atoms with Crippen LogP contribution in [0.4, 0.5) is 5.69 Å². The van der Waals surface area contributed by atoms with Crippen molar-refractivity contribution in [3.63, 3.8) is 0 Å². The van der Waals surface area contributed by atoms with Gasteiger partial charge in [-0.1, -0.05) is 54.0 Å². The number of anilines is 1. The van der Waals surface area contributed by atoms with Crippen molar-refractivity contribution in [3.8, 4) is 0 Å². The van der Waals surface area contributed by atoms with Crippen molar-refractivity contribution in [1.82, 2.24) is 10.2 Å². The summed E-state index contributed by atoms with van der Waals surface area (Å²) in [6.07, 6.45) is 1.62. The summed E-state index contributed by atoms with van der Waals surface area (Å²) in [7, 11) is -3.53. The first-order valence-electron chi connectivity index (χ1n) is 12.2. The molecule has 2 aromatic carbocycles. The van der Waals surface area contributed by atoms with Crippen LogP contribution in [-0.4, -0.2) is 50.5 Å². The molecule has 198 valence electrons. The third-order valence-corrected chi connectivity index (χ3v) is 7.76. The lowest BCUT2D eigenvalue weighted by Crippen LogP contribution is -2.48. The van der Waals surface area contributed by atoms with Gasteiger partial charge in [0.25, 0.3) is 0 Å². The molecule has 0 saturated carbocycles. The van der Waals surface area contributed by atoms with Gasteiger partial charge in [-0.25, -0.2) is 8.42 Å². The molecule has 2 amide bonds. The molecule has 0 aromatic heterocycles. The van der Waals surface area contributed by atoms with Crippen LogP contribution in [0.1, 0.15) is 50.3 Å². The summed E-state index contributed by atoms with van der Waals surface area (Å²) in [4.78, 5) is 27.8. The highest BCUT2D eigenvalue weighted by atomic mass is 79.9. The smallest absolute Gasteiger partial charge is 0.242 e. The molecular formula is C27H38BrN3O4S. The second-order valence-corrected chi connectivity index (χ2v) is 12.4. The first kappa shape index (κ1) is 29.8. The summed E-state index contributed by atoms with van der Waals surface area (Å²) in [5.74, 6) is -0.112. The normalized spacial score (nSPS) is 12.3. The van der Waals surface area contributed by atoms with E-state index in [2.05, 4.69) is 21.2 Å². The van der Waals surface area contributed by atoms with E-state index in [9.17, 15) is 18.0 Å². The van der Waals surface area contributed by atoms with Crippen LogP contribution in [0.2, 0.25) is 0 Å². The van der Waals surface area contributed by atoms with Gasteiger partial charge in [-0.05, 0) is 68.0 Å². The SMILES string of the molecule is Cc1cccc(N(CCCC(=O)N(Cc2cccc(Br)c2)[C@@H](C)C(=O)NCC(C)C)S(C)(=O)=O)c1C. The third kappa shape index (κ3) is 8.62. The minimum atomic E-state index is -3.53. The average Bonchev–Trinajstić information content (AvgIpc) is 2.79. The Morgan fingerprint density at radius 2 is 1.72 bits per heavy atom. The topological polar surface area (TPSA) is 86.8 Å². The first-order valence-corrected chi connectivity index (χ1v) is 14.8. The lowest BCUT2D eigenvalue weighted by atomic mass is 10.1. The molecular weight excluding hydrogens is 542 g/mol. The Bertz CT molecular complexity index is 1170. The van der Waals surface area contributed by atoms with E-state index in [0.29, 0.717) is 24.6 Å². The summed E-state index contributed by atoms with van der Waals surface area (Å²) in [5, 5.41) is 2.91. The number of rotatable bonds is 12. The van der Waals surface area contributed by atoms with Crippen LogP contribution >= 0.6 is 15.9 Å². The maximum absolute atomic E-state index is 13.4. The zero-order valence-electron chi connectivity index (χ0n) is 22.0. The maximum Gasteiger partial charge on any atom is 0.242 e. The van der Waals surface area contributed by atoms with E-state index in [0.717, 1.165) is 21.2 Å². The van der Waals surface area contributed by atoms with E-state index in [1.54, 1.807) is 17.9 Å². The number of nitrogens with one attached hydrogen (secondary N) is 1. The van der Waals surface area contributed by atoms with Crippen molar-refractivity contribution in [3.05, 3.63) is 63.6 Å². The van der Waals surface area contributed by atoms with Crippen molar-refractivity contribution in [2.75, 3.05) is 23.7 Å². The van der Waals surface area contributed by atoms with Crippen molar-refractivity contribution in [2.45, 2.75) is 60.0 Å². The van der Waals surface area contributed by atoms with Gasteiger partial charge < -0.3 is 10.2 Å². The molecule has 1 atom stereocenters. The van der Waals surface area contributed by atoms with Crippen LogP contribution in [0.25, 0.3) is 0 Å². The van der Waals surface area contributed by atoms with E-state index >= 15 is 0 Å². The van der Waals surface area contributed by atoms with E-state index in [1.807, 2.05) is 64.1 Å². The Morgan fingerprint density at radius 3 is 2.33 bits per heavy atom. The fraction of sp³-hybridized carbons (Fsp3) is 0.481. The number of sulfonamides is 1. The molecule has 1 N–H and O–H groups in total. The van der Waals surface area contributed by atoms with E-state index in [1.165, 1.54) is 10.6 Å². The lowest BCUT2D eigenvalue weighted by Gasteiger charge is -2.30. The van der Waals surface area contributed by atoms with Crippen molar-refractivity contribution < 1.29 is 18.0 Å². The van der Waals surface area contributed by atoms with Crippen LogP contribution in [0.3, 0.4) is 0 Å². The quantitative estimate of drug-likeness (QED) is 0.391. The standard InChI is InChI=1S/C27H38BrN3O4S/c1-19(2)17-29-27(33)22(5)30(18-23-11-8-12-24(28)16-23)26(32)14-9-15-31(36(6,34)35)25-13-7-10-20(3)21(25)4/h7-8,10-13,16,19,22H,9,14-15,17-18H2,1-6H3,(H,29,33)/t22-/m0/s1.